The Kier molecular flexibility index (Phi) is 3.25. The number of nitrogen functional groups attached to an aromatic ring is 1. The fourth-order valence-electron chi connectivity index (χ4n) is 2.08. The summed E-state index contributed by atoms with van der Waals surface area (Å²) < 4.78 is 0. The Morgan fingerprint density at radius 1 is 1.33 bits per heavy atom. The molecule has 4 N–H and O–H groups in total. The van der Waals surface area contributed by atoms with Crippen molar-refractivity contribution in [2.24, 2.45) is 0 Å². The summed E-state index contributed by atoms with van der Waals surface area (Å²) in [5.74, 6) is 0.214. The van der Waals surface area contributed by atoms with Crippen LogP contribution in [0.4, 0.5) is 5.69 Å². The van der Waals surface area contributed by atoms with Gasteiger partial charge >= 0.3 is 0 Å². The molecule has 0 fully saturated rings. The van der Waals surface area contributed by atoms with Crippen molar-refractivity contribution in [3.63, 3.8) is 0 Å². The van der Waals surface area contributed by atoms with E-state index in [9.17, 15) is 5.11 Å². The first-order valence-corrected chi connectivity index (χ1v) is 5.09. The zero-order valence-electron chi connectivity index (χ0n) is 9.54. The van der Waals surface area contributed by atoms with Gasteiger partial charge in [-0.05, 0) is 30.4 Å². The van der Waals surface area contributed by atoms with Crippen molar-refractivity contribution >= 4 is 5.69 Å². The highest BCUT2D eigenvalue weighted by Gasteiger charge is 2.25. The number of rotatable bonds is 3. The van der Waals surface area contributed by atoms with Crippen molar-refractivity contribution in [1.29, 1.82) is 0 Å². The maximum atomic E-state index is 9.87. The number of aliphatic hydroxyl groups is 1. The highest BCUT2D eigenvalue weighted by atomic mass is 16.3. The second kappa shape index (κ2) is 4.11. The summed E-state index contributed by atoms with van der Waals surface area (Å²) in [6.07, 6.45) is 0.616. The molecule has 0 aliphatic heterocycles. The van der Waals surface area contributed by atoms with Gasteiger partial charge in [0, 0.05) is 23.9 Å². The number of hydrogen-bond acceptors (Lipinski definition) is 3. The Labute approximate surface area is 90.5 Å². The van der Waals surface area contributed by atoms with Gasteiger partial charge in [0.1, 0.15) is 5.75 Å². The van der Waals surface area contributed by atoms with Crippen LogP contribution >= 0.6 is 0 Å². The summed E-state index contributed by atoms with van der Waals surface area (Å²) in [5.41, 5.74) is 7.79. The SMILES string of the molecule is Cc1cc(N)cc(O)c1C(C)(C)CCO. The summed E-state index contributed by atoms with van der Waals surface area (Å²) in [5, 5.41) is 18.9. The molecule has 0 amide bonds. The van der Waals surface area contributed by atoms with Gasteiger partial charge in [-0.1, -0.05) is 13.8 Å². The van der Waals surface area contributed by atoms with Crippen molar-refractivity contribution in [3.8, 4) is 5.75 Å². The van der Waals surface area contributed by atoms with Gasteiger partial charge in [-0.3, -0.25) is 0 Å². The van der Waals surface area contributed by atoms with Gasteiger partial charge in [-0.15, -0.1) is 0 Å². The number of hydrogen-bond donors (Lipinski definition) is 3. The van der Waals surface area contributed by atoms with E-state index >= 15 is 0 Å². The van der Waals surface area contributed by atoms with Crippen LogP contribution in [0.15, 0.2) is 12.1 Å². The van der Waals surface area contributed by atoms with Crippen LogP contribution in [0.25, 0.3) is 0 Å². The van der Waals surface area contributed by atoms with Crippen molar-refractivity contribution < 1.29 is 10.2 Å². The molecule has 1 aromatic rings. The molecule has 15 heavy (non-hydrogen) atoms. The summed E-state index contributed by atoms with van der Waals surface area (Å²) in [6, 6.07) is 3.40. The molecule has 0 saturated heterocycles. The molecule has 84 valence electrons. The average molecular weight is 209 g/mol. The predicted octanol–water partition coefficient (Wildman–Crippen LogP) is 1.94. The van der Waals surface area contributed by atoms with E-state index in [4.69, 9.17) is 10.8 Å². The van der Waals surface area contributed by atoms with E-state index in [0.29, 0.717) is 12.1 Å². The Bertz CT molecular complexity index is 336. The lowest BCUT2D eigenvalue weighted by Gasteiger charge is -2.27. The smallest absolute Gasteiger partial charge is 0.121 e. The van der Waals surface area contributed by atoms with E-state index in [1.807, 2.05) is 26.8 Å². The molecule has 0 spiro atoms. The molecule has 0 radical (unpaired) electrons. The van der Waals surface area contributed by atoms with Crippen LogP contribution in [0.3, 0.4) is 0 Å². The number of aryl methyl sites for hydroxylation is 1. The molecule has 0 aliphatic carbocycles. The highest BCUT2D eigenvalue weighted by molar-refractivity contribution is 5.54. The molecule has 3 heteroatoms. The Hall–Kier alpha value is -1.22. The van der Waals surface area contributed by atoms with Gasteiger partial charge in [-0.2, -0.15) is 0 Å². The summed E-state index contributed by atoms with van der Waals surface area (Å²) in [4.78, 5) is 0. The number of benzene rings is 1. The molecule has 0 bridgehead atoms. The predicted molar refractivity (Wildman–Crippen MR) is 62.0 cm³/mol. The normalized spacial score (nSPS) is 11.7. The number of aromatic hydroxyl groups is 1. The number of anilines is 1. The number of phenols is 1. The topological polar surface area (TPSA) is 66.5 Å². The average Bonchev–Trinajstić information content (AvgIpc) is 1.99. The molecule has 0 saturated carbocycles. The fourth-order valence-corrected chi connectivity index (χ4v) is 2.08. The molecule has 1 aromatic carbocycles. The lowest BCUT2D eigenvalue weighted by atomic mass is 9.79. The van der Waals surface area contributed by atoms with E-state index in [1.165, 1.54) is 0 Å². The second-order valence-electron chi connectivity index (χ2n) is 4.59. The van der Waals surface area contributed by atoms with Crippen LogP contribution in [0.2, 0.25) is 0 Å². The number of nitrogens with two attached hydrogens (primary N) is 1. The molecular weight excluding hydrogens is 190 g/mol. The molecule has 1 rings (SSSR count). The largest absolute Gasteiger partial charge is 0.508 e. The van der Waals surface area contributed by atoms with E-state index in [1.54, 1.807) is 6.07 Å². The number of aliphatic hydroxyl groups excluding tert-OH is 1. The molecule has 0 aromatic heterocycles. The van der Waals surface area contributed by atoms with Crippen molar-refractivity contribution in [2.45, 2.75) is 32.6 Å². The van der Waals surface area contributed by atoms with E-state index < -0.39 is 0 Å². The standard InChI is InChI=1S/C12H19NO2/c1-8-6-9(13)7-10(15)11(8)12(2,3)4-5-14/h6-7,14-15H,4-5,13H2,1-3H3. The molecular formula is C12H19NO2. The molecule has 0 heterocycles. The van der Waals surface area contributed by atoms with Crippen LogP contribution in [0.1, 0.15) is 31.4 Å². The summed E-state index contributed by atoms with van der Waals surface area (Å²) in [7, 11) is 0. The number of phenolic OH excluding ortho intramolecular Hbond substituents is 1. The Morgan fingerprint density at radius 3 is 2.40 bits per heavy atom. The highest BCUT2D eigenvalue weighted by Crippen LogP contribution is 2.37. The third kappa shape index (κ3) is 2.42. The van der Waals surface area contributed by atoms with Gasteiger partial charge in [0.15, 0.2) is 0 Å². The van der Waals surface area contributed by atoms with E-state index in [2.05, 4.69) is 0 Å². The van der Waals surface area contributed by atoms with Gasteiger partial charge in [0.05, 0.1) is 0 Å². The molecule has 0 atom stereocenters. The third-order valence-corrected chi connectivity index (χ3v) is 2.75. The maximum Gasteiger partial charge on any atom is 0.121 e. The Morgan fingerprint density at radius 2 is 1.93 bits per heavy atom. The van der Waals surface area contributed by atoms with Crippen LogP contribution in [0.5, 0.6) is 5.75 Å². The minimum absolute atomic E-state index is 0.107. The Balaban J connectivity index is 3.24. The lowest BCUT2D eigenvalue weighted by Crippen LogP contribution is -2.20. The van der Waals surface area contributed by atoms with Crippen LogP contribution in [-0.4, -0.2) is 16.8 Å². The molecule has 0 unspecified atom stereocenters. The summed E-state index contributed by atoms with van der Waals surface area (Å²) in [6.45, 7) is 6.03. The second-order valence-corrected chi connectivity index (χ2v) is 4.59. The van der Waals surface area contributed by atoms with Gasteiger partial charge < -0.3 is 15.9 Å². The van der Waals surface area contributed by atoms with Crippen molar-refractivity contribution in [3.05, 3.63) is 23.3 Å². The zero-order chi connectivity index (χ0) is 11.6. The van der Waals surface area contributed by atoms with Crippen LogP contribution in [-0.2, 0) is 5.41 Å². The van der Waals surface area contributed by atoms with Gasteiger partial charge in [0.25, 0.3) is 0 Å². The first kappa shape index (κ1) is 11.9. The quantitative estimate of drug-likeness (QED) is 0.666. The molecule has 3 nitrogen and oxygen atoms in total. The lowest BCUT2D eigenvalue weighted by molar-refractivity contribution is 0.250. The maximum absolute atomic E-state index is 9.87. The van der Waals surface area contributed by atoms with Gasteiger partial charge in [-0.25, -0.2) is 0 Å². The zero-order valence-corrected chi connectivity index (χ0v) is 9.54. The fraction of sp³-hybridized carbons (Fsp3) is 0.500. The third-order valence-electron chi connectivity index (χ3n) is 2.75. The minimum Gasteiger partial charge on any atom is -0.508 e. The molecule has 0 aliphatic rings. The van der Waals surface area contributed by atoms with Crippen LogP contribution < -0.4 is 5.73 Å². The summed E-state index contributed by atoms with van der Waals surface area (Å²) >= 11 is 0. The first-order chi connectivity index (χ1) is 6.88. The minimum atomic E-state index is -0.239. The van der Waals surface area contributed by atoms with Gasteiger partial charge in [0.2, 0.25) is 0 Å². The van der Waals surface area contributed by atoms with E-state index in [0.717, 1.165) is 11.1 Å². The van der Waals surface area contributed by atoms with Crippen molar-refractivity contribution in [1.82, 2.24) is 0 Å². The van der Waals surface area contributed by atoms with Crippen LogP contribution in [0, 0.1) is 6.92 Å². The first-order valence-electron chi connectivity index (χ1n) is 5.09. The monoisotopic (exact) mass is 209 g/mol. The van der Waals surface area contributed by atoms with E-state index in [-0.39, 0.29) is 17.8 Å². The van der Waals surface area contributed by atoms with Crippen molar-refractivity contribution in [2.75, 3.05) is 12.3 Å².